The van der Waals surface area contributed by atoms with Gasteiger partial charge in [-0.1, -0.05) is 0 Å². The number of hydrogen-bond donors (Lipinski definition) is 3. The van der Waals surface area contributed by atoms with Crippen LogP contribution in [0.1, 0.15) is 54.6 Å². The molecule has 0 bridgehead atoms. The van der Waals surface area contributed by atoms with Crippen molar-refractivity contribution in [3.63, 3.8) is 0 Å². The molecule has 2 aromatic rings. The van der Waals surface area contributed by atoms with Crippen LogP contribution in [0.5, 0.6) is 0 Å². The number of amides is 1. The van der Waals surface area contributed by atoms with Crippen LogP contribution < -0.4 is 25.5 Å². The number of rotatable bonds is 8. The fourth-order valence-corrected chi connectivity index (χ4v) is 6.47. The molecule has 0 unspecified atom stereocenters. The highest BCUT2D eigenvalue weighted by Gasteiger charge is 2.45. The van der Waals surface area contributed by atoms with Crippen molar-refractivity contribution in [2.45, 2.75) is 51.4 Å². The summed E-state index contributed by atoms with van der Waals surface area (Å²) in [6.07, 6.45) is 3.14. The molecule has 2 aliphatic heterocycles. The molecule has 3 N–H and O–H groups in total. The lowest BCUT2D eigenvalue weighted by atomic mass is 9.93. The Hall–Kier alpha value is -3.26. The van der Waals surface area contributed by atoms with Gasteiger partial charge in [-0.15, -0.1) is 0 Å². The fraction of sp³-hybridized carbons (Fsp3) is 0.556. The second-order valence-corrected chi connectivity index (χ2v) is 13.1. The van der Waals surface area contributed by atoms with Gasteiger partial charge in [0.15, 0.2) is 0 Å². The first-order valence-electron chi connectivity index (χ1n) is 13.7. The highest BCUT2D eigenvalue weighted by molar-refractivity contribution is 7.92. The number of sulfonamides is 1. The first-order chi connectivity index (χ1) is 19.3. The number of aryl methyl sites for hydroxylation is 1. The van der Waals surface area contributed by atoms with Crippen LogP contribution in [0.2, 0.25) is 0 Å². The molecule has 1 spiro atoms. The van der Waals surface area contributed by atoms with Crippen molar-refractivity contribution in [3.8, 4) is 0 Å². The van der Waals surface area contributed by atoms with Gasteiger partial charge in [-0.2, -0.15) is 0 Å². The zero-order valence-electron chi connectivity index (χ0n) is 22.8. The number of piperidine rings is 2. The minimum Gasteiger partial charge on any atom is -0.395 e. The summed E-state index contributed by atoms with van der Waals surface area (Å²) < 4.78 is 71.0. The molecular weight excluding hydrogens is 563 g/mol. The number of hydrogen-bond acceptors (Lipinski definition) is 7. The average molecular weight is 598 g/mol. The summed E-state index contributed by atoms with van der Waals surface area (Å²) in [6.45, 7) is 2.03. The van der Waals surface area contributed by atoms with Gasteiger partial charge in [-0.05, 0) is 62.3 Å². The van der Waals surface area contributed by atoms with Gasteiger partial charge in [0.1, 0.15) is 11.5 Å². The molecular formula is C27H34F3N5O5S. The maximum absolute atomic E-state index is 15.6. The molecule has 14 heteroatoms. The Labute approximate surface area is 236 Å². The van der Waals surface area contributed by atoms with E-state index in [0.717, 1.165) is 31.7 Å². The number of pyridine rings is 1. The third-order valence-corrected chi connectivity index (χ3v) is 9.57. The van der Waals surface area contributed by atoms with Gasteiger partial charge < -0.3 is 20.3 Å². The third-order valence-electron chi connectivity index (χ3n) is 8.30. The number of carbonyl (C=O) groups is 1. The minimum atomic E-state index is -3.95. The molecule has 10 nitrogen and oxygen atoms in total. The Bertz CT molecular complexity index is 1490. The number of anilines is 3. The lowest BCUT2D eigenvalue weighted by Gasteiger charge is -2.35. The molecule has 5 rings (SSSR count). The molecule has 224 valence electrons. The van der Waals surface area contributed by atoms with Gasteiger partial charge in [-0.25, -0.2) is 26.3 Å². The summed E-state index contributed by atoms with van der Waals surface area (Å²) in [6, 6.07) is 5.23. The van der Waals surface area contributed by atoms with Crippen molar-refractivity contribution in [2.24, 2.45) is 5.41 Å². The van der Waals surface area contributed by atoms with E-state index in [1.165, 1.54) is 21.8 Å². The molecule has 1 saturated carbocycles. The maximum Gasteiger partial charge on any atom is 0.292 e. The van der Waals surface area contributed by atoms with E-state index in [2.05, 4.69) is 10.0 Å². The number of benzene rings is 1. The summed E-state index contributed by atoms with van der Waals surface area (Å²) in [4.78, 5) is 28.7. The third kappa shape index (κ3) is 6.32. The molecule has 1 aromatic heterocycles. The van der Waals surface area contributed by atoms with E-state index in [4.69, 9.17) is 5.11 Å². The smallest absolute Gasteiger partial charge is 0.292 e. The summed E-state index contributed by atoms with van der Waals surface area (Å²) >= 11 is 0. The summed E-state index contributed by atoms with van der Waals surface area (Å²) in [5.74, 6) is -5.27. The largest absolute Gasteiger partial charge is 0.395 e. The second kappa shape index (κ2) is 10.9. The van der Waals surface area contributed by atoms with E-state index in [0.29, 0.717) is 18.8 Å². The molecule has 41 heavy (non-hydrogen) atoms. The molecule has 1 aliphatic carbocycles. The van der Waals surface area contributed by atoms with E-state index in [1.807, 2.05) is 4.90 Å². The Morgan fingerprint density at radius 3 is 2.29 bits per heavy atom. The molecule has 2 saturated heterocycles. The monoisotopic (exact) mass is 597 g/mol. The van der Waals surface area contributed by atoms with Crippen molar-refractivity contribution in [3.05, 3.63) is 51.7 Å². The minimum absolute atomic E-state index is 0.0476. The van der Waals surface area contributed by atoms with Gasteiger partial charge in [0.25, 0.3) is 17.4 Å². The number of halogens is 3. The maximum atomic E-state index is 15.6. The summed E-state index contributed by atoms with van der Waals surface area (Å²) in [7, 11) is -3.95. The van der Waals surface area contributed by atoms with Crippen LogP contribution in [-0.4, -0.2) is 68.6 Å². The number of nitrogens with zero attached hydrogens (tertiary/aromatic N) is 3. The Morgan fingerprint density at radius 2 is 1.68 bits per heavy atom. The number of aliphatic hydroxyl groups excluding tert-OH is 1. The first kappa shape index (κ1) is 29.2. The molecule has 1 amide bonds. The van der Waals surface area contributed by atoms with E-state index in [9.17, 15) is 26.8 Å². The van der Waals surface area contributed by atoms with Crippen LogP contribution in [-0.2, 0) is 10.0 Å². The van der Waals surface area contributed by atoms with Gasteiger partial charge in [0.2, 0.25) is 10.0 Å². The summed E-state index contributed by atoms with van der Waals surface area (Å²) in [5, 5.41) is 13.1. The highest BCUT2D eigenvalue weighted by Crippen LogP contribution is 2.54. The number of nitrogens with one attached hydrogen (secondary N) is 2. The van der Waals surface area contributed by atoms with Crippen molar-refractivity contribution in [1.29, 1.82) is 0 Å². The average Bonchev–Trinajstić information content (AvgIpc) is 3.65. The van der Waals surface area contributed by atoms with Gasteiger partial charge in [-0.3, -0.25) is 14.3 Å². The Kier molecular flexibility index (Phi) is 7.74. The van der Waals surface area contributed by atoms with Crippen molar-refractivity contribution < 1.29 is 31.5 Å². The standard InChI is InChI=1S/C27H34F3N5O5S/c1-18-2-3-21(25(38)35(18)34-12-8-27(29,30)9-13-34)31-24(37)23-20(28)16-19(32-41(39,40)15-14-36)17-22(23)33-10-6-26(4-5-26)7-11-33/h2-3,16-17,32,36H,4-15H2,1H3,(H,31,37). The van der Waals surface area contributed by atoms with Crippen LogP contribution in [0.15, 0.2) is 29.1 Å². The van der Waals surface area contributed by atoms with Crippen LogP contribution >= 0.6 is 0 Å². The zero-order chi connectivity index (χ0) is 29.6. The number of carbonyl (C=O) groups excluding carboxylic acids is 1. The van der Waals surface area contributed by atoms with E-state index < -0.39 is 58.4 Å². The Balaban J connectivity index is 1.46. The summed E-state index contributed by atoms with van der Waals surface area (Å²) in [5.41, 5.74) is -0.250. The van der Waals surface area contributed by atoms with Crippen molar-refractivity contribution in [2.75, 3.05) is 58.5 Å². The first-order valence-corrected chi connectivity index (χ1v) is 15.3. The quantitative estimate of drug-likeness (QED) is 0.428. The topological polar surface area (TPSA) is 124 Å². The fourth-order valence-electron chi connectivity index (χ4n) is 5.65. The second-order valence-electron chi connectivity index (χ2n) is 11.3. The van der Waals surface area contributed by atoms with E-state index in [1.54, 1.807) is 13.0 Å². The van der Waals surface area contributed by atoms with E-state index >= 15 is 4.39 Å². The van der Waals surface area contributed by atoms with Crippen LogP contribution in [0, 0.1) is 18.2 Å². The highest BCUT2D eigenvalue weighted by atomic mass is 32.2. The number of alkyl halides is 2. The number of aliphatic hydroxyl groups is 1. The molecule has 0 atom stereocenters. The lowest BCUT2D eigenvalue weighted by molar-refractivity contribution is -0.0261. The predicted octanol–water partition coefficient (Wildman–Crippen LogP) is 3.03. The van der Waals surface area contributed by atoms with Gasteiger partial charge in [0, 0.05) is 44.7 Å². The number of aromatic nitrogens is 1. The van der Waals surface area contributed by atoms with Crippen LogP contribution in [0.4, 0.5) is 30.2 Å². The molecule has 3 fully saturated rings. The molecule has 1 aromatic carbocycles. The van der Waals surface area contributed by atoms with Crippen LogP contribution in [0.25, 0.3) is 0 Å². The molecule has 0 radical (unpaired) electrons. The Morgan fingerprint density at radius 1 is 1.02 bits per heavy atom. The normalized spacial score (nSPS) is 19.7. The van der Waals surface area contributed by atoms with Gasteiger partial charge >= 0.3 is 0 Å². The predicted molar refractivity (Wildman–Crippen MR) is 150 cm³/mol. The van der Waals surface area contributed by atoms with Crippen LogP contribution in [0.3, 0.4) is 0 Å². The van der Waals surface area contributed by atoms with Crippen molar-refractivity contribution >= 4 is 33.0 Å². The molecule has 3 aliphatic rings. The lowest BCUT2D eigenvalue weighted by Crippen LogP contribution is -2.50. The molecule has 3 heterocycles. The SMILES string of the molecule is Cc1ccc(NC(=O)c2c(F)cc(NS(=O)(=O)CCO)cc2N2CCC3(CC2)CC3)c(=O)n1N1CCC(F)(F)CC1. The zero-order valence-corrected chi connectivity index (χ0v) is 23.6. The van der Waals surface area contributed by atoms with E-state index in [-0.39, 0.29) is 41.1 Å². The van der Waals surface area contributed by atoms with Gasteiger partial charge in [0.05, 0.1) is 29.3 Å². The van der Waals surface area contributed by atoms with Crippen molar-refractivity contribution in [1.82, 2.24) is 4.68 Å².